The van der Waals surface area contributed by atoms with Gasteiger partial charge in [-0.25, -0.2) is 9.19 Å². The summed E-state index contributed by atoms with van der Waals surface area (Å²) < 4.78 is 21.7. The Labute approximate surface area is 261 Å². The first kappa shape index (κ1) is 32.0. The normalized spacial score (nSPS) is 11.4. The molecule has 0 bridgehead atoms. The predicted molar refractivity (Wildman–Crippen MR) is 180 cm³/mol. The molecule has 0 aliphatic rings. The maximum absolute atomic E-state index is 12.9. The zero-order chi connectivity index (χ0) is 31.6. The van der Waals surface area contributed by atoms with Crippen molar-refractivity contribution in [3.63, 3.8) is 0 Å². The average Bonchev–Trinajstić information content (AvgIpc) is 3.02. The maximum Gasteiger partial charge on any atom is 0.247 e. The van der Waals surface area contributed by atoms with Crippen LogP contribution in [0.2, 0.25) is 0 Å². The van der Waals surface area contributed by atoms with Gasteiger partial charge in [-0.3, -0.25) is 9.52 Å². The highest BCUT2D eigenvalue weighted by Gasteiger charge is 2.17. The molecule has 4 rings (SSSR count). The van der Waals surface area contributed by atoms with E-state index in [2.05, 4.69) is 37.1 Å². The number of rotatable bonds is 14. The van der Waals surface area contributed by atoms with Gasteiger partial charge in [0, 0.05) is 38.0 Å². The summed E-state index contributed by atoms with van der Waals surface area (Å²) in [4.78, 5) is 26.3. The van der Waals surface area contributed by atoms with Crippen LogP contribution in [0.5, 0.6) is 5.75 Å². The number of hydrogen-bond donors (Lipinski definition) is 4. The van der Waals surface area contributed by atoms with E-state index in [-0.39, 0.29) is 5.91 Å². The van der Waals surface area contributed by atoms with Crippen molar-refractivity contribution in [3.05, 3.63) is 91.1 Å². The largest absolute Gasteiger partial charge is 0.494 e. The number of aromatic nitrogens is 2. The van der Waals surface area contributed by atoms with Crippen LogP contribution in [0, 0.1) is 6.92 Å². The summed E-state index contributed by atoms with van der Waals surface area (Å²) in [6, 6.07) is 20.3. The number of nitrogens with zero attached hydrogens (tertiary/aromatic N) is 4. The lowest BCUT2D eigenvalue weighted by Crippen LogP contribution is -2.29. The molecule has 0 saturated carbocycles. The lowest BCUT2D eigenvalue weighted by Gasteiger charge is -2.26. The van der Waals surface area contributed by atoms with Crippen LogP contribution in [0.15, 0.2) is 90.5 Å². The van der Waals surface area contributed by atoms with Crippen LogP contribution in [0.25, 0.3) is 0 Å². The van der Waals surface area contributed by atoms with Crippen molar-refractivity contribution in [1.29, 1.82) is 0 Å². The highest BCUT2D eigenvalue weighted by atomic mass is 32.2. The quantitative estimate of drug-likeness (QED) is 0.136. The molecule has 1 unspecified atom stereocenters. The van der Waals surface area contributed by atoms with Gasteiger partial charge in [-0.15, -0.1) is 0 Å². The van der Waals surface area contributed by atoms with Crippen LogP contribution >= 0.6 is 0 Å². The molecule has 1 heterocycles. The van der Waals surface area contributed by atoms with Crippen molar-refractivity contribution in [3.8, 4) is 5.75 Å². The molecular formula is C32H38N8O3S. The molecule has 44 heavy (non-hydrogen) atoms. The molecule has 1 atom stereocenters. The van der Waals surface area contributed by atoms with Crippen molar-refractivity contribution >= 4 is 57.1 Å². The van der Waals surface area contributed by atoms with Gasteiger partial charge in [-0.05, 0) is 57.4 Å². The zero-order valence-electron chi connectivity index (χ0n) is 25.5. The summed E-state index contributed by atoms with van der Waals surface area (Å²) in [7, 11) is 6.10. The van der Waals surface area contributed by atoms with Crippen molar-refractivity contribution in [2.24, 2.45) is 0 Å². The number of aryl methyl sites for hydroxylation is 1. The standard InChI is InChI=1S/C32H38N8O3S/c1-7-30(41)34-26-19-27(29(43-6)20-28(26)40(5)18-17-39(3)4)36-32-33-21-22(2)31(37-32)35-24-15-11-12-16-25(24)38-44(42)23-13-9-8-10-14-23/h7-16,19-21,38H,1,17-18H2,2-6H3,(H,34,41)(H2,33,35,36,37). The molecule has 1 amide bonds. The van der Waals surface area contributed by atoms with Crippen LogP contribution in [0.3, 0.4) is 0 Å². The third-order valence-corrected chi connectivity index (χ3v) is 7.72. The minimum absolute atomic E-state index is 0.310. The third kappa shape index (κ3) is 8.33. The molecule has 0 aliphatic heterocycles. The Morgan fingerprint density at radius 1 is 0.955 bits per heavy atom. The molecule has 0 fully saturated rings. The number of amides is 1. The third-order valence-electron chi connectivity index (χ3n) is 6.61. The first-order chi connectivity index (χ1) is 21.2. The van der Waals surface area contributed by atoms with Gasteiger partial charge in [-0.1, -0.05) is 36.9 Å². The number of anilines is 7. The number of para-hydroxylation sites is 2. The van der Waals surface area contributed by atoms with Gasteiger partial charge in [0.15, 0.2) is 0 Å². The first-order valence-corrected chi connectivity index (χ1v) is 15.0. The smallest absolute Gasteiger partial charge is 0.247 e. The number of likely N-dealkylation sites (N-methyl/N-ethyl adjacent to an activating group) is 2. The molecular weight excluding hydrogens is 576 g/mol. The van der Waals surface area contributed by atoms with Gasteiger partial charge < -0.3 is 30.5 Å². The summed E-state index contributed by atoms with van der Waals surface area (Å²) in [6.45, 7) is 7.03. The summed E-state index contributed by atoms with van der Waals surface area (Å²) in [6.07, 6.45) is 2.93. The van der Waals surface area contributed by atoms with Crippen LogP contribution in [-0.2, 0) is 15.8 Å². The van der Waals surface area contributed by atoms with E-state index >= 15 is 0 Å². The molecule has 12 heteroatoms. The van der Waals surface area contributed by atoms with E-state index in [4.69, 9.17) is 9.72 Å². The molecule has 3 aromatic carbocycles. The van der Waals surface area contributed by atoms with Gasteiger partial charge in [0.2, 0.25) is 11.9 Å². The summed E-state index contributed by atoms with van der Waals surface area (Å²) in [5, 5.41) is 9.48. The molecule has 4 aromatic rings. The summed E-state index contributed by atoms with van der Waals surface area (Å²) in [5.41, 5.74) is 4.08. The molecule has 0 spiro atoms. The Hall–Kier alpha value is -4.94. The van der Waals surface area contributed by atoms with Gasteiger partial charge in [0.25, 0.3) is 0 Å². The summed E-state index contributed by atoms with van der Waals surface area (Å²) >= 11 is 0. The lowest BCUT2D eigenvalue weighted by molar-refractivity contribution is -0.111. The van der Waals surface area contributed by atoms with E-state index in [1.165, 1.54) is 6.08 Å². The average molecular weight is 615 g/mol. The van der Waals surface area contributed by atoms with Crippen molar-refractivity contribution in [2.75, 3.05) is 66.9 Å². The monoisotopic (exact) mass is 614 g/mol. The number of carbonyl (C=O) groups excluding carboxylic acids is 1. The second-order valence-electron chi connectivity index (χ2n) is 10.2. The highest BCUT2D eigenvalue weighted by molar-refractivity contribution is 7.86. The predicted octanol–water partition coefficient (Wildman–Crippen LogP) is 5.54. The van der Waals surface area contributed by atoms with Gasteiger partial charge in [-0.2, -0.15) is 4.98 Å². The molecule has 230 valence electrons. The van der Waals surface area contributed by atoms with Crippen LogP contribution in [0.4, 0.5) is 40.2 Å². The Kier molecular flexibility index (Phi) is 10.9. The molecule has 11 nitrogen and oxygen atoms in total. The van der Waals surface area contributed by atoms with Crippen LogP contribution in [0.1, 0.15) is 5.56 Å². The van der Waals surface area contributed by atoms with E-state index in [1.807, 2.05) is 93.6 Å². The fraction of sp³-hybridized carbons (Fsp3) is 0.219. The minimum atomic E-state index is -1.45. The molecule has 1 aromatic heterocycles. The van der Waals surface area contributed by atoms with Crippen LogP contribution < -0.4 is 30.3 Å². The van der Waals surface area contributed by atoms with E-state index in [1.54, 1.807) is 19.4 Å². The Morgan fingerprint density at radius 3 is 2.34 bits per heavy atom. The van der Waals surface area contributed by atoms with Crippen molar-refractivity contribution < 1.29 is 13.7 Å². The number of hydrogen-bond acceptors (Lipinski definition) is 9. The molecule has 4 N–H and O–H groups in total. The molecule has 0 radical (unpaired) electrons. The molecule has 0 aliphatic carbocycles. The zero-order valence-corrected chi connectivity index (χ0v) is 26.4. The highest BCUT2D eigenvalue weighted by Crippen LogP contribution is 2.38. The Balaban J connectivity index is 1.62. The fourth-order valence-corrected chi connectivity index (χ4v) is 5.07. The van der Waals surface area contributed by atoms with Crippen molar-refractivity contribution in [2.45, 2.75) is 11.8 Å². The van der Waals surface area contributed by atoms with Gasteiger partial charge in [0.1, 0.15) is 22.6 Å². The number of ether oxygens (including phenoxy) is 1. The second-order valence-corrected chi connectivity index (χ2v) is 11.4. The second kappa shape index (κ2) is 15.0. The Bertz CT molecular complexity index is 1630. The van der Waals surface area contributed by atoms with E-state index in [0.29, 0.717) is 45.2 Å². The van der Waals surface area contributed by atoms with E-state index < -0.39 is 11.0 Å². The van der Waals surface area contributed by atoms with Gasteiger partial charge >= 0.3 is 0 Å². The molecule has 0 saturated heterocycles. The minimum Gasteiger partial charge on any atom is -0.494 e. The number of nitrogens with one attached hydrogen (secondary N) is 4. The van der Waals surface area contributed by atoms with E-state index in [9.17, 15) is 9.00 Å². The van der Waals surface area contributed by atoms with Crippen LogP contribution in [-0.4, -0.2) is 66.3 Å². The number of benzene rings is 3. The number of carbonyl (C=O) groups is 1. The first-order valence-electron chi connectivity index (χ1n) is 13.9. The number of methoxy groups -OCH3 is 1. The fourth-order valence-electron chi connectivity index (χ4n) is 4.17. The van der Waals surface area contributed by atoms with Crippen molar-refractivity contribution in [1.82, 2.24) is 14.9 Å². The topological polar surface area (TPSA) is 124 Å². The summed E-state index contributed by atoms with van der Waals surface area (Å²) in [5.74, 6) is 1.08. The van der Waals surface area contributed by atoms with Gasteiger partial charge in [0.05, 0.1) is 40.4 Å². The maximum atomic E-state index is 12.9. The lowest BCUT2D eigenvalue weighted by atomic mass is 10.2. The SMILES string of the molecule is C=CC(=O)Nc1cc(Nc2ncc(C)c(Nc3ccccc3NS(=O)c3ccccc3)n2)c(OC)cc1N(C)CCN(C)C. The Morgan fingerprint density at radius 2 is 1.66 bits per heavy atom. The van der Waals surface area contributed by atoms with E-state index in [0.717, 1.165) is 24.3 Å².